The van der Waals surface area contributed by atoms with E-state index in [-0.39, 0.29) is 5.82 Å². The minimum atomic E-state index is -0.0786. The highest BCUT2D eigenvalue weighted by Crippen LogP contribution is 2.17. The van der Waals surface area contributed by atoms with E-state index in [0.29, 0.717) is 6.54 Å². The molecule has 0 aromatic heterocycles. The molecule has 0 spiro atoms. The molecule has 3 heteroatoms. The molecular weight excluding hydrogens is 203 g/mol. The van der Waals surface area contributed by atoms with Crippen LogP contribution in [0.4, 0.5) is 4.39 Å². The monoisotopic (exact) mass is 222 g/mol. The smallest absolute Gasteiger partial charge is 0.130 e. The summed E-state index contributed by atoms with van der Waals surface area (Å²) in [6.07, 6.45) is 2.62. The molecule has 88 valence electrons. The third kappa shape index (κ3) is 3.29. The molecule has 1 saturated carbocycles. The van der Waals surface area contributed by atoms with E-state index in [4.69, 9.17) is 0 Å². The van der Waals surface area contributed by atoms with E-state index < -0.39 is 0 Å². The van der Waals surface area contributed by atoms with Crippen molar-refractivity contribution in [2.75, 3.05) is 13.1 Å². The molecule has 0 amide bonds. The third-order valence-electron chi connectivity index (χ3n) is 2.90. The van der Waals surface area contributed by atoms with E-state index in [0.717, 1.165) is 30.3 Å². The molecule has 1 aromatic carbocycles. The number of halogens is 1. The van der Waals surface area contributed by atoms with Gasteiger partial charge in [0.25, 0.3) is 0 Å². The summed E-state index contributed by atoms with van der Waals surface area (Å²) in [4.78, 5) is 0. The molecule has 2 rings (SSSR count). The summed E-state index contributed by atoms with van der Waals surface area (Å²) in [6.45, 7) is 4.27. The van der Waals surface area contributed by atoms with Crippen LogP contribution in [0.25, 0.3) is 0 Å². The third-order valence-corrected chi connectivity index (χ3v) is 2.90. The van der Waals surface area contributed by atoms with Crippen molar-refractivity contribution >= 4 is 0 Å². The largest absolute Gasteiger partial charge is 0.313 e. The number of hydrogen-bond donors (Lipinski definition) is 2. The van der Waals surface area contributed by atoms with E-state index in [1.54, 1.807) is 13.0 Å². The summed E-state index contributed by atoms with van der Waals surface area (Å²) in [6, 6.07) is 6.28. The van der Waals surface area contributed by atoms with Gasteiger partial charge in [-0.3, -0.25) is 0 Å². The lowest BCUT2D eigenvalue weighted by Gasteiger charge is -2.08. The minimum Gasteiger partial charge on any atom is -0.313 e. The van der Waals surface area contributed by atoms with Crippen LogP contribution < -0.4 is 10.6 Å². The summed E-state index contributed by atoms with van der Waals surface area (Å²) in [7, 11) is 0. The van der Waals surface area contributed by atoms with Crippen LogP contribution in [0.5, 0.6) is 0 Å². The van der Waals surface area contributed by atoms with Gasteiger partial charge in [-0.05, 0) is 25.3 Å². The Morgan fingerprint density at radius 2 is 2.12 bits per heavy atom. The van der Waals surface area contributed by atoms with Crippen LogP contribution in [-0.4, -0.2) is 19.1 Å². The molecule has 0 unspecified atom stereocenters. The maximum absolute atomic E-state index is 13.6. The molecule has 2 N–H and O–H groups in total. The Labute approximate surface area is 96.2 Å². The van der Waals surface area contributed by atoms with Crippen LogP contribution in [0.15, 0.2) is 18.2 Å². The first kappa shape index (κ1) is 11.6. The van der Waals surface area contributed by atoms with Gasteiger partial charge in [0.05, 0.1) is 0 Å². The highest BCUT2D eigenvalue weighted by molar-refractivity contribution is 5.24. The first-order valence-corrected chi connectivity index (χ1v) is 5.95. The van der Waals surface area contributed by atoms with Crippen LogP contribution in [0.2, 0.25) is 0 Å². The van der Waals surface area contributed by atoms with Gasteiger partial charge in [0.2, 0.25) is 0 Å². The molecular formula is C13H19FN2. The summed E-state index contributed by atoms with van der Waals surface area (Å²) >= 11 is 0. The van der Waals surface area contributed by atoms with Gasteiger partial charge >= 0.3 is 0 Å². The van der Waals surface area contributed by atoms with Gasteiger partial charge < -0.3 is 10.6 Å². The number of hydrogen-bond acceptors (Lipinski definition) is 2. The van der Waals surface area contributed by atoms with Crippen molar-refractivity contribution in [2.45, 2.75) is 32.4 Å². The van der Waals surface area contributed by atoms with E-state index in [1.807, 2.05) is 12.1 Å². The molecule has 0 heterocycles. The van der Waals surface area contributed by atoms with Crippen LogP contribution in [-0.2, 0) is 6.54 Å². The lowest BCUT2D eigenvalue weighted by Crippen LogP contribution is -2.28. The molecule has 0 atom stereocenters. The van der Waals surface area contributed by atoms with Gasteiger partial charge in [-0.25, -0.2) is 4.39 Å². The molecule has 0 radical (unpaired) electrons. The van der Waals surface area contributed by atoms with E-state index in [9.17, 15) is 4.39 Å². The van der Waals surface area contributed by atoms with Crippen molar-refractivity contribution in [3.63, 3.8) is 0 Å². The maximum atomic E-state index is 13.6. The Balaban J connectivity index is 1.69. The Bertz CT molecular complexity index is 348. The van der Waals surface area contributed by atoms with Gasteiger partial charge in [-0.15, -0.1) is 0 Å². The van der Waals surface area contributed by atoms with Crippen LogP contribution in [0.3, 0.4) is 0 Å². The zero-order valence-electron chi connectivity index (χ0n) is 9.72. The predicted molar refractivity (Wildman–Crippen MR) is 63.9 cm³/mol. The van der Waals surface area contributed by atoms with Crippen LogP contribution >= 0.6 is 0 Å². The molecule has 0 saturated heterocycles. The van der Waals surface area contributed by atoms with E-state index in [1.165, 1.54) is 12.8 Å². The topological polar surface area (TPSA) is 24.1 Å². The van der Waals surface area contributed by atoms with Crippen molar-refractivity contribution in [2.24, 2.45) is 0 Å². The molecule has 16 heavy (non-hydrogen) atoms. The second kappa shape index (κ2) is 5.41. The van der Waals surface area contributed by atoms with E-state index >= 15 is 0 Å². The van der Waals surface area contributed by atoms with Crippen LogP contribution in [0, 0.1) is 12.7 Å². The Hall–Kier alpha value is -0.930. The Morgan fingerprint density at radius 1 is 1.31 bits per heavy atom. The molecule has 1 aliphatic rings. The summed E-state index contributed by atoms with van der Waals surface area (Å²) < 4.78 is 13.6. The fourth-order valence-corrected chi connectivity index (χ4v) is 1.72. The fraction of sp³-hybridized carbons (Fsp3) is 0.538. The van der Waals surface area contributed by atoms with Crippen molar-refractivity contribution in [1.29, 1.82) is 0 Å². The molecule has 1 aliphatic carbocycles. The van der Waals surface area contributed by atoms with E-state index in [2.05, 4.69) is 10.6 Å². The lowest BCUT2D eigenvalue weighted by molar-refractivity contribution is 0.567. The summed E-state index contributed by atoms with van der Waals surface area (Å²) in [5, 5.41) is 6.66. The average molecular weight is 222 g/mol. The van der Waals surface area contributed by atoms with Gasteiger partial charge in [0.1, 0.15) is 5.82 Å². The lowest BCUT2D eigenvalue weighted by atomic mass is 10.1. The van der Waals surface area contributed by atoms with Crippen LogP contribution in [0.1, 0.15) is 24.0 Å². The Kier molecular flexibility index (Phi) is 3.91. The molecule has 1 aromatic rings. The summed E-state index contributed by atoms with van der Waals surface area (Å²) in [5.41, 5.74) is 1.47. The quantitative estimate of drug-likeness (QED) is 0.719. The minimum absolute atomic E-state index is 0.0786. The van der Waals surface area contributed by atoms with Crippen molar-refractivity contribution in [3.8, 4) is 0 Å². The first-order valence-electron chi connectivity index (χ1n) is 5.95. The molecule has 0 aliphatic heterocycles. The van der Waals surface area contributed by atoms with Crippen molar-refractivity contribution < 1.29 is 4.39 Å². The zero-order valence-corrected chi connectivity index (χ0v) is 9.72. The summed E-state index contributed by atoms with van der Waals surface area (Å²) in [5.74, 6) is -0.0786. The standard InChI is InChI=1S/C13H19FN2/c1-10-3-2-4-11(13(10)14)9-15-7-8-16-12-5-6-12/h2-4,12,15-16H,5-9H2,1H3. The first-order chi connectivity index (χ1) is 7.77. The molecule has 0 bridgehead atoms. The van der Waals surface area contributed by atoms with Gasteiger partial charge in [0.15, 0.2) is 0 Å². The number of rotatable bonds is 6. The highest BCUT2D eigenvalue weighted by atomic mass is 19.1. The fourth-order valence-electron chi connectivity index (χ4n) is 1.72. The SMILES string of the molecule is Cc1cccc(CNCCNC2CC2)c1F. The van der Waals surface area contributed by atoms with Gasteiger partial charge in [0, 0.05) is 31.2 Å². The second-order valence-electron chi connectivity index (χ2n) is 4.45. The highest BCUT2D eigenvalue weighted by Gasteiger charge is 2.19. The number of nitrogens with one attached hydrogen (secondary N) is 2. The van der Waals surface area contributed by atoms with Crippen molar-refractivity contribution in [3.05, 3.63) is 35.1 Å². The van der Waals surface area contributed by atoms with Gasteiger partial charge in [-0.2, -0.15) is 0 Å². The predicted octanol–water partition coefficient (Wildman–Crippen LogP) is 1.98. The maximum Gasteiger partial charge on any atom is 0.130 e. The normalized spacial score (nSPS) is 15.4. The van der Waals surface area contributed by atoms with Crippen molar-refractivity contribution in [1.82, 2.24) is 10.6 Å². The molecule has 2 nitrogen and oxygen atoms in total. The Morgan fingerprint density at radius 3 is 2.88 bits per heavy atom. The number of benzene rings is 1. The average Bonchev–Trinajstić information content (AvgIpc) is 3.07. The zero-order chi connectivity index (χ0) is 11.4. The second-order valence-corrected chi connectivity index (χ2v) is 4.45. The number of aryl methyl sites for hydroxylation is 1. The van der Waals surface area contributed by atoms with Gasteiger partial charge in [-0.1, -0.05) is 18.2 Å². The molecule has 1 fully saturated rings.